The van der Waals surface area contributed by atoms with Crippen molar-refractivity contribution < 1.29 is 4.79 Å². The Bertz CT molecular complexity index is 441. The van der Waals surface area contributed by atoms with E-state index in [2.05, 4.69) is 5.32 Å². The molecule has 1 N–H and O–H groups in total. The molecule has 1 aromatic rings. The largest absolute Gasteiger partial charge is 0.353 e. The second-order valence-corrected chi connectivity index (χ2v) is 6.90. The Balaban J connectivity index is 1.73. The summed E-state index contributed by atoms with van der Waals surface area (Å²) in [6, 6.07) is 5.85. The second kappa shape index (κ2) is 8.16. The molecule has 1 aliphatic carbocycles. The molecule has 1 fully saturated rings. The molecule has 0 bridgehead atoms. The van der Waals surface area contributed by atoms with Gasteiger partial charge in [-0.05, 0) is 30.5 Å². The maximum atomic E-state index is 11.9. The van der Waals surface area contributed by atoms with Crippen LogP contribution in [0.3, 0.4) is 0 Å². The molecule has 1 amide bonds. The van der Waals surface area contributed by atoms with Gasteiger partial charge in [0.1, 0.15) is 0 Å². The molecule has 1 aliphatic rings. The number of carbonyl (C=O) groups excluding carboxylic acids is 1. The van der Waals surface area contributed by atoms with Crippen LogP contribution in [0.2, 0.25) is 10.0 Å². The number of carbonyl (C=O) groups is 1. The molecule has 0 unspecified atom stereocenters. The van der Waals surface area contributed by atoms with E-state index in [0.717, 1.165) is 18.4 Å². The lowest BCUT2D eigenvalue weighted by atomic mass is 9.95. The maximum Gasteiger partial charge on any atom is 0.230 e. The lowest BCUT2D eigenvalue weighted by molar-refractivity contribution is -0.119. The van der Waals surface area contributed by atoms with E-state index in [1.807, 2.05) is 18.2 Å². The normalized spacial score (nSPS) is 16.1. The van der Waals surface area contributed by atoms with E-state index >= 15 is 0 Å². The minimum Gasteiger partial charge on any atom is -0.353 e. The molecule has 0 aromatic heterocycles. The van der Waals surface area contributed by atoms with Gasteiger partial charge in [-0.3, -0.25) is 4.79 Å². The molecule has 0 heterocycles. The SMILES string of the molecule is O=C(CSCc1c(Cl)cccc1Cl)NC1CCCCC1. The van der Waals surface area contributed by atoms with Crippen LogP contribution in [-0.2, 0) is 10.5 Å². The Labute approximate surface area is 134 Å². The highest BCUT2D eigenvalue weighted by Crippen LogP contribution is 2.28. The standard InChI is InChI=1S/C15H19Cl2NOS/c16-13-7-4-8-14(17)12(13)9-20-10-15(19)18-11-5-2-1-3-6-11/h4,7-8,11H,1-3,5-6,9-10H2,(H,18,19). The van der Waals surface area contributed by atoms with Gasteiger partial charge in [0.15, 0.2) is 0 Å². The fourth-order valence-electron chi connectivity index (χ4n) is 2.43. The van der Waals surface area contributed by atoms with Crippen LogP contribution in [0.15, 0.2) is 18.2 Å². The van der Waals surface area contributed by atoms with Gasteiger partial charge in [0.2, 0.25) is 5.91 Å². The van der Waals surface area contributed by atoms with Crippen molar-refractivity contribution in [2.45, 2.75) is 43.9 Å². The lowest BCUT2D eigenvalue weighted by Gasteiger charge is -2.22. The Hall–Kier alpha value is -0.380. The van der Waals surface area contributed by atoms with Gasteiger partial charge in [-0.2, -0.15) is 0 Å². The van der Waals surface area contributed by atoms with Crippen molar-refractivity contribution >= 4 is 40.9 Å². The van der Waals surface area contributed by atoms with Gasteiger partial charge in [0, 0.05) is 21.8 Å². The lowest BCUT2D eigenvalue weighted by Crippen LogP contribution is -2.37. The molecule has 2 nitrogen and oxygen atoms in total. The van der Waals surface area contributed by atoms with E-state index in [-0.39, 0.29) is 5.91 Å². The van der Waals surface area contributed by atoms with Crippen LogP contribution in [0.1, 0.15) is 37.7 Å². The van der Waals surface area contributed by atoms with E-state index in [0.29, 0.717) is 27.6 Å². The van der Waals surface area contributed by atoms with E-state index in [1.165, 1.54) is 19.3 Å². The highest BCUT2D eigenvalue weighted by atomic mass is 35.5. The number of benzene rings is 1. The number of hydrogen-bond donors (Lipinski definition) is 1. The van der Waals surface area contributed by atoms with Crippen molar-refractivity contribution in [2.24, 2.45) is 0 Å². The number of rotatable bonds is 5. The summed E-state index contributed by atoms with van der Waals surface area (Å²) >= 11 is 13.8. The molecule has 20 heavy (non-hydrogen) atoms. The fourth-order valence-corrected chi connectivity index (χ4v) is 4.01. The van der Waals surface area contributed by atoms with Gasteiger partial charge in [0.25, 0.3) is 0 Å². The predicted octanol–water partition coefficient (Wildman–Crippen LogP) is 4.68. The summed E-state index contributed by atoms with van der Waals surface area (Å²) in [6.07, 6.45) is 5.99. The second-order valence-electron chi connectivity index (χ2n) is 5.10. The molecule has 5 heteroatoms. The van der Waals surface area contributed by atoms with E-state index < -0.39 is 0 Å². The van der Waals surface area contributed by atoms with Crippen molar-refractivity contribution in [1.82, 2.24) is 5.32 Å². The summed E-state index contributed by atoms with van der Waals surface area (Å²) in [6.45, 7) is 0. The molecule has 0 aliphatic heterocycles. The minimum atomic E-state index is 0.116. The van der Waals surface area contributed by atoms with E-state index in [9.17, 15) is 4.79 Å². The van der Waals surface area contributed by atoms with Gasteiger partial charge in [-0.15, -0.1) is 11.8 Å². The van der Waals surface area contributed by atoms with Gasteiger partial charge in [-0.25, -0.2) is 0 Å². The van der Waals surface area contributed by atoms with Crippen molar-refractivity contribution in [2.75, 3.05) is 5.75 Å². The maximum absolute atomic E-state index is 11.9. The molecule has 0 saturated heterocycles. The fraction of sp³-hybridized carbons (Fsp3) is 0.533. The summed E-state index contributed by atoms with van der Waals surface area (Å²) in [7, 11) is 0. The molecule has 110 valence electrons. The molecule has 1 aromatic carbocycles. The molecule has 0 radical (unpaired) electrons. The quantitative estimate of drug-likeness (QED) is 0.848. The zero-order chi connectivity index (χ0) is 14.4. The third-order valence-corrected chi connectivity index (χ3v) is 5.18. The van der Waals surface area contributed by atoms with Crippen LogP contribution in [0.5, 0.6) is 0 Å². The van der Waals surface area contributed by atoms with E-state index in [4.69, 9.17) is 23.2 Å². The summed E-state index contributed by atoms with van der Waals surface area (Å²) in [4.78, 5) is 11.9. The average Bonchev–Trinajstić information content (AvgIpc) is 2.43. The molecule has 2 rings (SSSR count). The first kappa shape index (κ1) is 16.0. The van der Waals surface area contributed by atoms with Gasteiger partial charge in [0.05, 0.1) is 5.75 Å². The number of halogens is 2. The predicted molar refractivity (Wildman–Crippen MR) is 87.6 cm³/mol. The number of thioether (sulfide) groups is 1. The molecule has 0 atom stereocenters. The first-order valence-electron chi connectivity index (χ1n) is 6.97. The zero-order valence-corrected chi connectivity index (χ0v) is 13.7. The monoisotopic (exact) mass is 331 g/mol. The third-order valence-electron chi connectivity index (χ3n) is 3.51. The smallest absolute Gasteiger partial charge is 0.230 e. The topological polar surface area (TPSA) is 29.1 Å². The number of hydrogen-bond acceptors (Lipinski definition) is 2. The molecular weight excluding hydrogens is 313 g/mol. The zero-order valence-electron chi connectivity index (χ0n) is 11.3. The number of nitrogens with one attached hydrogen (secondary N) is 1. The highest BCUT2D eigenvalue weighted by molar-refractivity contribution is 7.99. The van der Waals surface area contributed by atoms with Gasteiger partial charge >= 0.3 is 0 Å². The Morgan fingerprint density at radius 3 is 2.50 bits per heavy atom. The van der Waals surface area contributed by atoms with Crippen molar-refractivity contribution in [3.8, 4) is 0 Å². The van der Waals surface area contributed by atoms with Crippen LogP contribution in [-0.4, -0.2) is 17.7 Å². The average molecular weight is 332 g/mol. The van der Waals surface area contributed by atoms with Crippen LogP contribution in [0.25, 0.3) is 0 Å². The first-order chi connectivity index (χ1) is 9.66. The molecule has 1 saturated carbocycles. The third kappa shape index (κ3) is 4.87. The Morgan fingerprint density at radius 2 is 1.85 bits per heavy atom. The minimum absolute atomic E-state index is 0.116. The Morgan fingerprint density at radius 1 is 1.20 bits per heavy atom. The van der Waals surface area contributed by atoms with Crippen molar-refractivity contribution in [3.63, 3.8) is 0 Å². The molecule has 0 spiro atoms. The van der Waals surface area contributed by atoms with Gasteiger partial charge in [-0.1, -0.05) is 48.5 Å². The summed E-state index contributed by atoms with van der Waals surface area (Å²) in [5.41, 5.74) is 0.909. The molecular formula is C15H19Cl2NOS. The van der Waals surface area contributed by atoms with Crippen LogP contribution in [0.4, 0.5) is 0 Å². The van der Waals surface area contributed by atoms with Crippen molar-refractivity contribution in [3.05, 3.63) is 33.8 Å². The van der Waals surface area contributed by atoms with Gasteiger partial charge < -0.3 is 5.32 Å². The number of amides is 1. The van der Waals surface area contributed by atoms with Crippen LogP contribution >= 0.6 is 35.0 Å². The van der Waals surface area contributed by atoms with E-state index in [1.54, 1.807) is 11.8 Å². The summed E-state index contributed by atoms with van der Waals surface area (Å²) < 4.78 is 0. The first-order valence-corrected chi connectivity index (χ1v) is 8.88. The van der Waals surface area contributed by atoms with Crippen LogP contribution < -0.4 is 5.32 Å². The summed E-state index contributed by atoms with van der Waals surface area (Å²) in [5.74, 6) is 1.24. The Kier molecular flexibility index (Phi) is 6.53. The highest BCUT2D eigenvalue weighted by Gasteiger charge is 2.15. The van der Waals surface area contributed by atoms with Crippen LogP contribution in [0, 0.1) is 0 Å². The summed E-state index contributed by atoms with van der Waals surface area (Å²) in [5, 5.41) is 4.44. The van der Waals surface area contributed by atoms with Crippen molar-refractivity contribution in [1.29, 1.82) is 0 Å².